The van der Waals surface area contributed by atoms with Gasteiger partial charge in [-0.15, -0.1) is 0 Å². The van der Waals surface area contributed by atoms with Crippen LogP contribution in [0.1, 0.15) is 20.8 Å². The number of nitrogens with zero attached hydrogens (tertiary/aromatic N) is 1. The third-order valence-corrected chi connectivity index (χ3v) is 2.71. The molecular weight excluding hydrogens is 164 g/mol. The van der Waals surface area contributed by atoms with Gasteiger partial charge in [0.2, 0.25) is 0 Å². The highest BCUT2D eigenvalue weighted by molar-refractivity contribution is 4.81. The summed E-state index contributed by atoms with van der Waals surface area (Å²) in [4.78, 5) is 2.52. The molecule has 3 nitrogen and oxygen atoms in total. The maximum Gasteiger partial charge on any atom is 0.0593 e. The van der Waals surface area contributed by atoms with Crippen LogP contribution in [0.5, 0.6) is 0 Å². The van der Waals surface area contributed by atoms with E-state index in [1.807, 2.05) is 6.92 Å². The summed E-state index contributed by atoms with van der Waals surface area (Å²) >= 11 is 0. The molecular formula is C10H22N2O. The number of nitrogens with one attached hydrogen (secondary N) is 1. The van der Waals surface area contributed by atoms with Crippen molar-refractivity contribution in [3.8, 4) is 0 Å². The molecule has 0 amide bonds. The van der Waals surface area contributed by atoms with Crippen LogP contribution in [0.15, 0.2) is 0 Å². The van der Waals surface area contributed by atoms with Crippen LogP contribution >= 0.6 is 0 Å². The van der Waals surface area contributed by atoms with Crippen LogP contribution in [0.25, 0.3) is 0 Å². The third-order valence-electron chi connectivity index (χ3n) is 2.71. The zero-order valence-electron chi connectivity index (χ0n) is 9.05. The summed E-state index contributed by atoms with van der Waals surface area (Å²) < 4.78 is 5.37. The fourth-order valence-electron chi connectivity index (χ4n) is 1.93. The molecule has 2 atom stereocenters. The highest BCUT2D eigenvalue weighted by Gasteiger charge is 2.23. The lowest BCUT2D eigenvalue weighted by Crippen LogP contribution is -2.55. The summed E-state index contributed by atoms with van der Waals surface area (Å²) in [5.74, 6) is 0. The first-order chi connectivity index (χ1) is 6.25. The molecule has 0 saturated carbocycles. The van der Waals surface area contributed by atoms with Gasteiger partial charge in [0.05, 0.1) is 6.61 Å². The standard InChI is InChI=1S/C10H22N2O/c1-4-13-6-5-12-9(2)7-11-8-10(12)3/h9-11H,4-8H2,1-3H3/t9-,10-/m0/s1. The van der Waals surface area contributed by atoms with E-state index in [1.54, 1.807) is 0 Å². The van der Waals surface area contributed by atoms with Crippen LogP contribution < -0.4 is 5.32 Å². The number of hydrogen-bond donors (Lipinski definition) is 1. The molecule has 1 N–H and O–H groups in total. The average Bonchev–Trinajstić information content (AvgIpc) is 2.10. The van der Waals surface area contributed by atoms with Gasteiger partial charge < -0.3 is 10.1 Å². The molecule has 0 radical (unpaired) electrons. The molecule has 13 heavy (non-hydrogen) atoms. The van der Waals surface area contributed by atoms with E-state index in [0.29, 0.717) is 12.1 Å². The van der Waals surface area contributed by atoms with Crippen LogP contribution in [-0.4, -0.2) is 49.8 Å². The zero-order chi connectivity index (χ0) is 9.68. The molecule has 0 aromatic heterocycles. The van der Waals surface area contributed by atoms with Gasteiger partial charge in [-0.2, -0.15) is 0 Å². The maximum absolute atomic E-state index is 5.37. The van der Waals surface area contributed by atoms with Crippen molar-refractivity contribution in [2.45, 2.75) is 32.9 Å². The lowest BCUT2D eigenvalue weighted by molar-refractivity contribution is 0.0612. The largest absolute Gasteiger partial charge is 0.380 e. The molecule has 0 bridgehead atoms. The van der Waals surface area contributed by atoms with Crippen molar-refractivity contribution in [1.82, 2.24) is 10.2 Å². The molecule has 0 unspecified atom stereocenters. The molecule has 1 saturated heterocycles. The third kappa shape index (κ3) is 3.25. The number of hydrogen-bond acceptors (Lipinski definition) is 3. The van der Waals surface area contributed by atoms with Gasteiger partial charge in [0.25, 0.3) is 0 Å². The van der Waals surface area contributed by atoms with Gasteiger partial charge in [-0.05, 0) is 20.8 Å². The molecule has 1 fully saturated rings. The number of ether oxygens (including phenoxy) is 1. The fourth-order valence-corrected chi connectivity index (χ4v) is 1.93. The van der Waals surface area contributed by atoms with Crippen molar-refractivity contribution in [1.29, 1.82) is 0 Å². The zero-order valence-corrected chi connectivity index (χ0v) is 9.05. The number of rotatable bonds is 4. The van der Waals surface area contributed by atoms with Gasteiger partial charge >= 0.3 is 0 Å². The molecule has 78 valence electrons. The van der Waals surface area contributed by atoms with Crippen LogP contribution in [0, 0.1) is 0 Å². The van der Waals surface area contributed by atoms with Crippen molar-refractivity contribution >= 4 is 0 Å². The quantitative estimate of drug-likeness (QED) is 0.654. The second-order valence-corrected chi connectivity index (χ2v) is 3.79. The molecule has 1 rings (SSSR count). The second kappa shape index (κ2) is 5.58. The smallest absolute Gasteiger partial charge is 0.0593 e. The molecule has 0 aromatic rings. The Labute approximate surface area is 81.4 Å². The van der Waals surface area contributed by atoms with E-state index in [0.717, 1.165) is 32.8 Å². The van der Waals surface area contributed by atoms with Crippen molar-refractivity contribution in [2.24, 2.45) is 0 Å². The highest BCUT2D eigenvalue weighted by atomic mass is 16.5. The van der Waals surface area contributed by atoms with E-state index in [-0.39, 0.29) is 0 Å². The topological polar surface area (TPSA) is 24.5 Å². The molecule has 1 heterocycles. The van der Waals surface area contributed by atoms with E-state index in [1.165, 1.54) is 0 Å². The van der Waals surface area contributed by atoms with Gasteiger partial charge in [0.15, 0.2) is 0 Å². The predicted molar refractivity (Wildman–Crippen MR) is 55.0 cm³/mol. The maximum atomic E-state index is 5.37. The predicted octanol–water partition coefficient (Wildman–Crippen LogP) is 0.705. The van der Waals surface area contributed by atoms with Gasteiger partial charge in [-0.25, -0.2) is 0 Å². The summed E-state index contributed by atoms with van der Waals surface area (Å²) in [5, 5.41) is 3.42. The van der Waals surface area contributed by atoms with Gasteiger partial charge in [-0.1, -0.05) is 0 Å². The van der Waals surface area contributed by atoms with Gasteiger partial charge in [-0.3, -0.25) is 4.90 Å². The minimum absolute atomic E-state index is 0.643. The van der Waals surface area contributed by atoms with Crippen LogP contribution in [0.4, 0.5) is 0 Å². The first-order valence-electron chi connectivity index (χ1n) is 5.30. The van der Waals surface area contributed by atoms with E-state index in [2.05, 4.69) is 24.1 Å². The molecule has 0 spiro atoms. The first-order valence-corrected chi connectivity index (χ1v) is 5.30. The Bertz CT molecular complexity index is 131. The Kier molecular flexibility index (Phi) is 4.70. The molecule has 0 aliphatic carbocycles. The van der Waals surface area contributed by atoms with Crippen LogP contribution in [-0.2, 0) is 4.74 Å². The SMILES string of the molecule is CCOCCN1[C@@H](C)CNC[C@@H]1C. The van der Waals surface area contributed by atoms with Crippen molar-refractivity contribution in [3.05, 3.63) is 0 Å². The van der Waals surface area contributed by atoms with E-state index in [9.17, 15) is 0 Å². The molecule has 3 heteroatoms. The van der Waals surface area contributed by atoms with Gasteiger partial charge in [0, 0.05) is 38.3 Å². The lowest BCUT2D eigenvalue weighted by Gasteiger charge is -2.39. The minimum atomic E-state index is 0.643. The normalized spacial score (nSPS) is 30.7. The monoisotopic (exact) mass is 186 g/mol. The molecule has 1 aliphatic rings. The summed E-state index contributed by atoms with van der Waals surface area (Å²) in [6.07, 6.45) is 0. The summed E-state index contributed by atoms with van der Waals surface area (Å²) in [5.41, 5.74) is 0. The molecule has 0 aromatic carbocycles. The summed E-state index contributed by atoms with van der Waals surface area (Å²) in [7, 11) is 0. The Balaban J connectivity index is 2.26. The molecule has 1 aliphatic heterocycles. The first kappa shape index (κ1) is 11.0. The van der Waals surface area contributed by atoms with Crippen molar-refractivity contribution in [2.75, 3.05) is 32.8 Å². The second-order valence-electron chi connectivity index (χ2n) is 3.79. The average molecular weight is 186 g/mol. The minimum Gasteiger partial charge on any atom is -0.380 e. The van der Waals surface area contributed by atoms with Crippen LogP contribution in [0.2, 0.25) is 0 Å². The number of piperazine rings is 1. The Morgan fingerprint density at radius 2 is 1.92 bits per heavy atom. The van der Waals surface area contributed by atoms with E-state index >= 15 is 0 Å². The Morgan fingerprint density at radius 3 is 2.46 bits per heavy atom. The van der Waals surface area contributed by atoms with Crippen LogP contribution in [0.3, 0.4) is 0 Å². The summed E-state index contributed by atoms with van der Waals surface area (Å²) in [6.45, 7) is 11.6. The van der Waals surface area contributed by atoms with Crippen molar-refractivity contribution in [3.63, 3.8) is 0 Å². The van der Waals surface area contributed by atoms with E-state index < -0.39 is 0 Å². The van der Waals surface area contributed by atoms with E-state index in [4.69, 9.17) is 4.74 Å². The summed E-state index contributed by atoms with van der Waals surface area (Å²) in [6, 6.07) is 1.29. The fraction of sp³-hybridized carbons (Fsp3) is 1.00. The lowest BCUT2D eigenvalue weighted by atomic mass is 10.1. The van der Waals surface area contributed by atoms with Crippen molar-refractivity contribution < 1.29 is 4.74 Å². The Morgan fingerprint density at radius 1 is 1.31 bits per heavy atom. The Hall–Kier alpha value is -0.120. The highest BCUT2D eigenvalue weighted by Crippen LogP contribution is 2.08. The van der Waals surface area contributed by atoms with Gasteiger partial charge in [0.1, 0.15) is 0 Å².